The van der Waals surface area contributed by atoms with E-state index >= 15 is 0 Å². The van der Waals surface area contributed by atoms with Gasteiger partial charge in [0.2, 0.25) is 0 Å². The van der Waals surface area contributed by atoms with Gasteiger partial charge in [0.25, 0.3) is 0 Å². The Morgan fingerprint density at radius 1 is 1.19 bits per heavy atom. The summed E-state index contributed by atoms with van der Waals surface area (Å²) in [4.78, 5) is 2.63. The zero-order valence-corrected chi connectivity index (χ0v) is 14.2. The van der Waals surface area contributed by atoms with Crippen LogP contribution in [0.25, 0.3) is 0 Å². The third-order valence-corrected chi connectivity index (χ3v) is 4.90. The van der Waals surface area contributed by atoms with Crippen LogP contribution < -0.4 is 5.32 Å². The number of nitrogens with zero attached hydrogens (tertiary/aromatic N) is 1. The Morgan fingerprint density at radius 3 is 2.52 bits per heavy atom. The number of hydrogen-bond acceptors (Lipinski definition) is 2. The molecule has 0 amide bonds. The van der Waals surface area contributed by atoms with Crippen LogP contribution in [0.15, 0.2) is 24.3 Å². The molecule has 1 aliphatic rings. The predicted molar refractivity (Wildman–Crippen MR) is 91.7 cm³/mol. The molecule has 0 spiro atoms. The van der Waals surface area contributed by atoms with Gasteiger partial charge in [0.15, 0.2) is 0 Å². The third-order valence-electron chi connectivity index (χ3n) is 4.90. The first-order valence-corrected chi connectivity index (χ1v) is 8.64. The van der Waals surface area contributed by atoms with Crippen LogP contribution in [-0.2, 0) is 6.54 Å². The fraction of sp³-hybridized carbons (Fsp3) is 0.684. The van der Waals surface area contributed by atoms with Crippen LogP contribution in [0.5, 0.6) is 0 Å². The van der Waals surface area contributed by atoms with Crippen molar-refractivity contribution >= 4 is 0 Å². The molecule has 0 saturated carbocycles. The predicted octanol–water partition coefficient (Wildman–Crippen LogP) is 4.02. The summed E-state index contributed by atoms with van der Waals surface area (Å²) in [7, 11) is 0. The Morgan fingerprint density at radius 2 is 1.90 bits per heavy atom. The fourth-order valence-corrected chi connectivity index (χ4v) is 3.10. The zero-order valence-electron chi connectivity index (χ0n) is 14.2. The highest BCUT2D eigenvalue weighted by Crippen LogP contribution is 2.17. The van der Waals surface area contributed by atoms with Gasteiger partial charge in [0.05, 0.1) is 0 Å². The SMILES string of the molecule is CCC(C)C1CN(Cc2ccc(C(C)C)cc2)CCCN1. The minimum absolute atomic E-state index is 0.622. The van der Waals surface area contributed by atoms with Crippen molar-refractivity contribution in [2.75, 3.05) is 19.6 Å². The minimum atomic E-state index is 0.622. The molecule has 1 heterocycles. The molecule has 2 atom stereocenters. The maximum atomic E-state index is 3.73. The quantitative estimate of drug-likeness (QED) is 0.880. The Kier molecular flexibility index (Phi) is 6.25. The number of benzene rings is 1. The van der Waals surface area contributed by atoms with Crippen molar-refractivity contribution in [2.24, 2.45) is 5.92 Å². The summed E-state index contributed by atoms with van der Waals surface area (Å²) in [5.41, 5.74) is 2.89. The maximum Gasteiger partial charge on any atom is 0.0234 e. The van der Waals surface area contributed by atoms with Crippen molar-refractivity contribution in [3.8, 4) is 0 Å². The van der Waals surface area contributed by atoms with Crippen LogP contribution >= 0.6 is 0 Å². The summed E-state index contributed by atoms with van der Waals surface area (Å²) < 4.78 is 0. The molecule has 2 nitrogen and oxygen atoms in total. The van der Waals surface area contributed by atoms with E-state index in [1.165, 1.54) is 37.1 Å². The van der Waals surface area contributed by atoms with E-state index in [-0.39, 0.29) is 0 Å². The molecule has 1 aliphatic heterocycles. The molecule has 2 heteroatoms. The number of rotatable bonds is 5. The van der Waals surface area contributed by atoms with Gasteiger partial charge >= 0.3 is 0 Å². The summed E-state index contributed by atoms with van der Waals surface area (Å²) in [6.07, 6.45) is 2.52. The van der Waals surface area contributed by atoms with E-state index < -0.39 is 0 Å². The number of nitrogens with one attached hydrogen (secondary N) is 1. The lowest BCUT2D eigenvalue weighted by Crippen LogP contribution is -2.41. The van der Waals surface area contributed by atoms with E-state index in [0.717, 1.165) is 19.0 Å². The second-order valence-electron chi connectivity index (χ2n) is 6.93. The van der Waals surface area contributed by atoms with Gasteiger partial charge in [-0.1, -0.05) is 58.4 Å². The van der Waals surface area contributed by atoms with Crippen LogP contribution in [0, 0.1) is 5.92 Å². The average molecular weight is 288 g/mol. The molecule has 118 valence electrons. The smallest absolute Gasteiger partial charge is 0.0234 e. The maximum absolute atomic E-state index is 3.73. The van der Waals surface area contributed by atoms with Gasteiger partial charge in [-0.05, 0) is 42.5 Å². The molecule has 1 aromatic carbocycles. The molecule has 0 radical (unpaired) electrons. The molecule has 0 aliphatic carbocycles. The highest BCUT2D eigenvalue weighted by Gasteiger charge is 2.21. The molecule has 21 heavy (non-hydrogen) atoms. The van der Waals surface area contributed by atoms with Gasteiger partial charge in [0, 0.05) is 19.1 Å². The van der Waals surface area contributed by atoms with Gasteiger partial charge in [-0.25, -0.2) is 0 Å². The minimum Gasteiger partial charge on any atom is -0.312 e. The first-order valence-electron chi connectivity index (χ1n) is 8.64. The van der Waals surface area contributed by atoms with E-state index in [0.29, 0.717) is 12.0 Å². The first-order chi connectivity index (χ1) is 10.1. The van der Waals surface area contributed by atoms with Crippen molar-refractivity contribution in [2.45, 2.75) is 59.0 Å². The Bertz CT molecular complexity index is 410. The normalized spacial score (nSPS) is 22.2. The van der Waals surface area contributed by atoms with Gasteiger partial charge < -0.3 is 5.32 Å². The highest BCUT2D eigenvalue weighted by atomic mass is 15.2. The van der Waals surface area contributed by atoms with Crippen LogP contribution in [0.2, 0.25) is 0 Å². The first kappa shape index (κ1) is 16.5. The monoisotopic (exact) mass is 288 g/mol. The summed E-state index contributed by atoms with van der Waals surface area (Å²) >= 11 is 0. The van der Waals surface area contributed by atoms with Crippen molar-refractivity contribution in [1.29, 1.82) is 0 Å². The van der Waals surface area contributed by atoms with Gasteiger partial charge in [0.1, 0.15) is 0 Å². The summed E-state index contributed by atoms with van der Waals surface area (Å²) in [6, 6.07) is 9.86. The number of hydrogen-bond donors (Lipinski definition) is 1. The molecule has 1 aromatic rings. The van der Waals surface area contributed by atoms with E-state index in [2.05, 4.69) is 62.2 Å². The lowest BCUT2D eigenvalue weighted by Gasteiger charge is -2.28. The molecule has 2 rings (SSSR count). The van der Waals surface area contributed by atoms with Gasteiger partial charge in [-0.3, -0.25) is 4.90 Å². The molecular weight excluding hydrogens is 256 g/mol. The Labute approximate surface area is 130 Å². The van der Waals surface area contributed by atoms with E-state index in [9.17, 15) is 0 Å². The molecule has 0 bridgehead atoms. The van der Waals surface area contributed by atoms with E-state index in [1.54, 1.807) is 0 Å². The summed E-state index contributed by atoms with van der Waals surface area (Å²) in [6.45, 7) is 13.8. The van der Waals surface area contributed by atoms with Gasteiger partial charge in [-0.15, -0.1) is 0 Å². The van der Waals surface area contributed by atoms with Crippen molar-refractivity contribution in [3.05, 3.63) is 35.4 Å². The standard InChI is InChI=1S/C19H32N2/c1-5-16(4)19-14-21(12-6-11-20-19)13-17-7-9-18(10-8-17)15(2)3/h7-10,15-16,19-20H,5-6,11-14H2,1-4H3. The molecule has 0 aromatic heterocycles. The summed E-state index contributed by atoms with van der Waals surface area (Å²) in [5, 5.41) is 3.73. The zero-order chi connectivity index (χ0) is 15.2. The fourth-order valence-electron chi connectivity index (χ4n) is 3.10. The van der Waals surface area contributed by atoms with Crippen LogP contribution in [0.3, 0.4) is 0 Å². The Balaban J connectivity index is 1.96. The third kappa shape index (κ3) is 4.82. The van der Waals surface area contributed by atoms with E-state index in [4.69, 9.17) is 0 Å². The molecule has 1 N–H and O–H groups in total. The van der Waals surface area contributed by atoms with Crippen LogP contribution in [-0.4, -0.2) is 30.6 Å². The van der Waals surface area contributed by atoms with Gasteiger partial charge in [-0.2, -0.15) is 0 Å². The van der Waals surface area contributed by atoms with Crippen molar-refractivity contribution < 1.29 is 0 Å². The lowest BCUT2D eigenvalue weighted by molar-refractivity contribution is 0.231. The van der Waals surface area contributed by atoms with Crippen LogP contribution in [0.1, 0.15) is 57.6 Å². The van der Waals surface area contributed by atoms with Crippen molar-refractivity contribution in [1.82, 2.24) is 10.2 Å². The molecule has 1 saturated heterocycles. The summed E-state index contributed by atoms with van der Waals surface area (Å²) in [5.74, 6) is 1.38. The largest absolute Gasteiger partial charge is 0.312 e. The molecule has 1 fully saturated rings. The topological polar surface area (TPSA) is 15.3 Å². The highest BCUT2D eigenvalue weighted by molar-refractivity contribution is 5.24. The van der Waals surface area contributed by atoms with E-state index in [1.807, 2.05) is 0 Å². The second kappa shape index (κ2) is 7.95. The molecule has 2 unspecified atom stereocenters. The second-order valence-corrected chi connectivity index (χ2v) is 6.93. The van der Waals surface area contributed by atoms with Crippen LogP contribution in [0.4, 0.5) is 0 Å². The van der Waals surface area contributed by atoms with Crippen molar-refractivity contribution in [3.63, 3.8) is 0 Å². The lowest BCUT2D eigenvalue weighted by atomic mass is 9.98. The molecular formula is C19H32N2. The Hall–Kier alpha value is -0.860. The average Bonchev–Trinajstić information content (AvgIpc) is 2.72.